The number of rotatable bonds is 5. The molecular formula is C16H20BrN3O2. The van der Waals surface area contributed by atoms with Crippen LogP contribution in [0, 0.1) is 11.8 Å². The van der Waals surface area contributed by atoms with Crippen molar-refractivity contribution < 1.29 is 9.59 Å². The van der Waals surface area contributed by atoms with Crippen molar-refractivity contribution in [3.05, 3.63) is 28.7 Å². The summed E-state index contributed by atoms with van der Waals surface area (Å²) in [5, 5.41) is 2.90. The molecule has 2 amide bonds. The Morgan fingerprint density at radius 2 is 2.23 bits per heavy atom. The molecule has 0 bridgehead atoms. The maximum absolute atomic E-state index is 12.2. The lowest BCUT2D eigenvalue weighted by molar-refractivity contribution is -0.126. The molecule has 2 aliphatic rings. The lowest BCUT2D eigenvalue weighted by atomic mass is 10.1. The van der Waals surface area contributed by atoms with Gasteiger partial charge in [0, 0.05) is 35.7 Å². The second-order valence-electron chi connectivity index (χ2n) is 6.13. The van der Waals surface area contributed by atoms with Gasteiger partial charge in [0.05, 0.1) is 5.92 Å². The Balaban J connectivity index is 1.57. The molecule has 1 aromatic carbocycles. The average Bonchev–Trinajstić information content (AvgIpc) is 3.27. The van der Waals surface area contributed by atoms with E-state index in [1.807, 2.05) is 24.3 Å². The van der Waals surface area contributed by atoms with Gasteiger partial charge in [-0.25, -0.2) is 0 Å². The van der Waals surface area contributed by atoms with E-state index in [2.05, 4.69) is 21.2 Å². The van der Waals surface area contributed by atoms with Gasteiger partial charge >= 0.3 is 0 Å². The van der Waals surface area contributed by atoms with Crippen molar-refractivity contribution in [2.45, 2.75) is 25.3 Å². The van der Waals surface area contributed by atoms with Crippen LogP contribution in [0.3, 0.4) is 0 Å². The molecule has 1 aliphatic heterocycles. The van der Waals surface area contributed by atoms with Crippen LogP contribution in [0.15, 0.2) is 28.7 Å². The molecule has 0 spiro atoms. The highest BCUT2D eigenvalue weighted by Crippen LogP contribution is 2.31. The smallest absolute Gasteiger partial charge is 0.227 e. The zero-order valence-corrected chi connectivity index (χ0v) is 13.9. The van der Waals surface area contributed by atoms with E-state index in [0.717, 1.165) is 23.0 Å². The molecule has 0 radical (unpaired) electrons. The number of anilines is 1. The molecule has 2 fully saturated rings. The minimum absolute atomic E-state index is 0.00950. The van der Waals surface area contributed by atoms with Crippen molar-refractivity contribution in [1.82, 2.24) is 5.32 Å². The van der Waals surface area contributed by atoms with Crippen molar-refractivity contribution in [2.24, 2.45) is 17.6 Å². The first-order chi connectivity index (χ1) is 10.5. The Morgan fingerprint density at radius 1 is 1.45 bits per heavy atom. The van der Waals surface area contributed by atoms with E-state index in [1.165, 1.54) is 0 Å². The van der Waals surface area contributed by atoms with Crippen LogP contribution >= 0.6 is 15.9 Å². The Kier molecular flexibility index (Phi) is 4.49. The molecule has 2 unspecified atom stereocenters. The number of benzene rings is 1. The van der Waals surface area contributed by atoms with Crippen molar-refractivity contribution in [3.63, 3.8) is 0 Å². The van der Waals surface area contributed by atoms with E-state index in [0.29, 0.717) is 19.0 Å². The van der Waals surface area contributed by atoms with Gasteiger partial charge < -0.3 is 16.0 Å². The summed E-state index contributed by atoms with van der Waals surface area (Å²) in [6, 6.07) is 7.61. The van der Waals surface area contributed by atoms with Gasteiger partial charge in [0.2, 0.25) is 11.8 Å². The normalized spacial score (nSPS) is 22.7. The molecular weight excluding hydrogens is 346 g/mol. The van der Waals surface area contributed by atoms with Gasteiger partial charge in [-0.05, 0) is 37.0 Å². The topological polar surface area (TPSA) is 75.4 Å². The van der Waals surface area contributed by atoms with Crippen molar-refractivity contribution in [2.75, 3.05) is 18.0 Å². The summed E-state index contributed by atoms with van der Waals surface area (Å²) in [4.78, 5) is 26.1. The first-order valence-electron chi connectivity index (χ1n) is 7.64. The van der Waals surface area contributed by atoms with Crippen molar-refractivity contribution in [3.8, 4) is 0 Å². The Hall–Kier alpha value is -1.40. The van der Waals surface area contributed by atoms with E-state index in [9.17, 15) is 9.59 Å². The predicted octanol–water partition coefficient (Wildman–Crippen LogP) is 1.66. The maximum atomic E-state index is 12.2. The van der Waals surface area contributed by atoms with Gasteiger partial charge in [-0.1, -0.05) is 22.0 Å². The second-order valence-corrected chi connectivity index (χ2v) is 7.05. The van der Waals surface area contributed by atoms with E-state index in [-0.39, 0.29) is 30.2 Å². The van der Waals surface area contributed by atoms with Gasteiger partial charge in [-0.2, -0.15) is 0 Å². The summed E-state index contributed by atoms with van der Waals surface area (Å²) in [6.45, 7) is 0.935. The standard InChI is InChI=1S/C16H20BrN3O2/c17-12-2-1-3-13(7-12)20-9-11(6-15(20)21)16(22)19-8-14(18)10-4-5-10/h1-3,7,10-11,14H,4-6,8-9,18H2,(H,19,22). The summed E-state index contributed by atoms with van der Waals surface area (Å²) < 4.78 is 0.918. The van der Waals surface area contributed by atoms with Crippen molar-refractivity contribution in [1.29, 1.82) is 0 Å². The minimum atomic E-state index is -0.294. The van der Waals surface area contributed by atoms with Crippen LogP contribution in [0.25, 0.3) is 0 Å². The fourth-order valence-corrected chi connectivity index (χ4v) is 3.22. The number of amides is 2. The van der Waals surface area contributed by atoms with Crippen LogP contribution < -0.4 is 16.0 Å². The van der Waals surface area contributed by atoms with Crippen LogP contribution in [-0.2, 0) is 9.59 Å². The largest absolute Gasteiger partial charge is 0.354 e. The first kappa shape index (κ1) is 15.5. The number of nitrogens with zero attached hydrogens (tertiary/aromatic N) is 1. The van der Waals surface area contributed by atoms with Crippen LogP contribution in [0.2, 0.25) is 0 Å². The molecule has 22 heavy (non-hydrogen) atoms. The van der Waals surface area contributed by atoms with Crippen LogP contribution in [0.4, 0.5) is 5.69 Å². The first-order valence-corrected chi connectivity index (χ1v) is 8.43. The lowest BCUT2D eigenvalue weighted by Crippen LogP contribution is -2.41. The number of carbonyl (C=O) groups excluding carboxylic acids is 2. The third-order valence-electron chi connectivity index (χ3n) is 4.36. The fraction of sp³-hybridized carbons (Fsp3) is 0.500. The molecule has 5 nitrogen and oxygen atoms in total. The average molecular weight is 366 g/mol. The molecule has 118 valence electrons. The number of halogens is 1. The number of hydrogen-bond acceptors (Lipinski definition) is 3. The van der Waals surface area contributed by atoms with Gasteiger partial charge in [-0.15, -0.1) is 0 Å². The van der Waals surface area contributed by atoms with Gasteiger partial charge in [0.25, 0.3) is 0 Å². The minimum Gasteiger partial charge on any atom is -0.354 e. The van der Waals surface area contributed by atoms with Gasteiger partial charge in [0.15, 0.2) is 0 Å². The summed E-state index contributed by atoms with van der Waals surface area (Å²) in [6.07, 6.45) is 2.59. The summed E-state index contributed by atoms with van der Waals surface area (Å²) in [5.41, 5.74) is 6.81. The predicted molar refractivity (Wildman–Crippen MR) is 88.3 cm³/mol. The molecule has 1 heterocycles. The lowest BCUT2D eigenvalue weighted by Gasteiger charge is -2.17. The highest BCUT2D eigenvalue weighted by Gasteiger charge is 2.36. The van der Waals surface area contributed by atoms with Gasteiger partial charge in [-0.3, -0.25) is 9.59 Å². The maximum Gasteiger partial charge on any atom is 0.227 e. The Bertz CT molecular complexity index is 589. The monoisotopic (exact) mass is 365 g/mol. The van der Waals surface area contributed by atoms with Crippen LogP contribution in [0.1, 0.15) is 19.3 Å². The third kappa shape index (κ3) is 3.50. The van der Waals surface area contributed by atoms with Gasteiger partial charge in [0.1, 0.15) is 0 Å². The van der Waals surface area contributed by atoms with Crippen molar-refractivity contribution >= 4 is 33.4 Å². The molecule has 0 aromatic heterocycles. The SMILES string of the molecule is NC(CNC(=O)C1CC(=O)N(c2cccc(Br)c2)C1)C1CC1. The summed E-state index contributed by atoms with van der Waals surface area (Å²) in [5.74, 6) is 0.188. The highest BCUT2D eigenvalue weighted by atomic mass is 79.9. The Morgan fingerprint density at radius 3 is 2.91 bits per heavy atom. The molecule has 3 rings (SSSR count). The molecule has 1 saturated carbocycles. The second kappa shape index (κ2) is 6.38. The number of nitrogens with one attached hydrogen (secondary N) is 1. The molecule has 3 N–H and O–H groups in total. The van der Waals surface area contributed by atoms with E-state index in [1.54, 1.807) is 4.90 Å². The molecule has 1 saturated heterocycles. The number of nitrogens with two attached hydrogens (primary N) is 1. The summed E-state index contributed by atoms with van der Waals surface area (Å²) >= 11 is 3.40. The van der Waals surface area contributed by atoms with E-state index >= 15 is 0 Å². The summed E-state index contributed by atoms with van der Waals surface area (Å²) in [7, 11) is 0. The molecule has 1 aliphatic carbocycles. The third-order valence-corrected chi connectivity index (χ3v) is 4.85. The molecule has 1 aromatic rings. The van der Waals surface area contributed by atoms with E-state index < -0.39 is 0 Å². The fourth-order valence-electron chi connectivity index (χ4n) is 2.83. The highest BCUT2D eigenvalue weighted by molar-refractivity contribution is 9.10. The number of hydrogen-bond donors (Lipinski definition) is 2. The number of carbonyl (C=O) groups is 2. The zero-order valence-electron chi connectivity index (χ0n) is 12.3. The van der Waals surface area contributed by atoms with E-state index in [4.69, 9.17) is 5.73 Å². The van der Waals surface area contributed by atoms with Crippen LogP contribution in [0.5, 0.6) is 0 Å². The Labute approximate surface area is 138 Å². The zero-order chi connectivity index (χ0) is 15.7. The molecule has 6 heteroatoms. The van der Waals surface area contributed by atoms with Crippen LogP contribution in [-0.4, -0.2) is 30.9 Å². The quantitative estimate of drug-likeness (QED) is 0.832. The molecule has 2 atom stereocenters.